The third kappa shape index (κ3) is 2.92. The van der Waals surface area contributed by atoms with Gasteiger partial charge >= 0.3 is 5.97 Å². The van der Waals surface area contributed by atoms with Crippen molar-refractivity contribution >= 4 is 17.4 Å². The Morgan fingerprint density at radius 1 is 1.31 bits per heavy atom. The van der Waals surface area contributed by atoms with Crippen molar-refractivity contribution in [3.05, 3.63) is 36.5 Å². The first-order valence-corrected chi connectivity index (χ1v) is 8.70. The Labute approximate surface area is 151 Å². The van der Waals surface area contributed by atoms with E-state index in [1.165, 1.54) is 0 Å². The summed E-state index contributed by atoms with van der Waals surface area (Å²) in [5, 5.41) is 0. The van der Waals surface area contributed by atoms with Gasteiger partial charge in [-0.05, 0) is 26.1 Å². The zero-order valence-electron chi connectivity index (χ0n) is 14.9. The molecule has 1 fully saturated rings. The molecule has 0 spiro atoms. The highest BCUT2D eigenvalue weighted by molar-refractivity contribution is 5.89. The zero-order valence-corrected chi connectivity index (χ0v) is 14.9. The molecule has 0 bridgehead atoms. The van der Waals surface area contributed by atoms with Gasteiger partial charge in [-0.1, -0.05) is 0 Å². The van der Waals surface area contributed by atoms with E-state index in [1.54, 1.807) is 25.6 Å². The highest BCUT2D eigenvalue weighted by atomic mass is 16.5. The van der Waals surface area contributed by atoms with Crippen molar-refractivity contribution in [1.82, 2.24) is 19.3 Å². The molecule has 0 radical (unpaired) electrons. The lowest BCUT2D eigenvalue weighted by molar-refractivity contribution is 0.0520. The summed E-state index contributed by atoms with van der Waals surface area (Å²) in [5.41, 5.74) is 1.64. The van der Waals surface area contributed by atoms with E-state index in [0.717, 1.165) is 37.7 Å². The summed E-state index contributed by atoms with van der Waals surface area (Å²) in [6.45, 7) is 5.72. The number of piperazine rings is 1. The van der Waals surface area contributed by atoms with Gasteiger partial charge in [0.1, 0.15) is 5.69 Å². The first-order chi connectivity index (χ1) is 12.7. The molecule has 26 heavy (non-hydrogen) atoms. The zero-order chi connectivity index (χ0) is 18.1. The lowest BCUT2D eigenvalue weighted by atomic mass is 10.3. The van der Waals surface area contributed by atoms with Crippen LogP contribution in [0, 0.1) is 0 Å². The van der Waals surface area contributed by atoms with Crippen LogP contribution in [0.25, 0.3) is 17.1 Å². The lowest BCUT2D eigenvalue weighted by Gasteiger charge is -2.33. The maximum absolute atomic E-state index is 12.2. The Balaban J connectivity index is 1.83. The maximum atomic E-state index is 12.2. The van der Waals surface area contributed by atoms with E-state index in [-0.39, 0.29) is 5.69 Å². The third-order valence-electron chi connectivity index (χ3n) is 4.54. The summed E-state index contributed by atoms with van der Waals surface area (Å²) in [6, 6.07) is 3.68. The highest BCUT2D eigenvalue weighted by Gasteiger charge is 2.23. The number of hydrogen-bond donors (Lipinski definition) is 0. The Morgan fingerprint density at radius 2 is 2.12 bits per heavy atom. The molecule has 1 saturated heterocycles. The number of anilines is 1. The summed E-state index contributed by atoms with van der Waals surface area (Å²) in [5.74, 6) is 0.995. The number of carbonyl (C=O) groups is 1. The fraction of sp³-hybridized carbons (Fsp3) is 0.389. The molecule has 0 N–H and O–H groups in total. The Hall–Kier alpha value is -2.87. The van der Waals surface area contributed by atoms with Gasteiger partial charge in [0.15, 0.2) is 22.9 Å². The van der Waals surface area contributed by atoms with Crippen LogP contribution in [0.4, 0.5) is 5.82 Å². The summed E-state index contributed by atoms with van der Waals surface area (Å²) in [7, 11) is 2.11. The van der Waals surface area contributed by atoms with Crippen molar-refractivity contribution in [3.63, 3.8) is 0 Å². The summed E-state index contributed by atoms with van der Waals surface area (Å²) in [4.78, 5) is 25.8. The van der Waals surface area contributed by atoms with Gasteiger partial charge < -0.3 is 19.0 Å². The Kier molecular flexibility index (Phi) is 4.34. The number of imidazole rings is 1. The van der Waals surface area contributed by atoms with E-state index < -0.39 is 5.97 Å². The lowest BCUT2D eigenvalue weighted by Crippen LogP contribution is -2.45. The topological polar surface area (TPSA) is 76.1 Å². The smallest absolute Gasteiger partial charge is 0.358 e. The van der Waals surface area contributed by atoms with Gasteiger partial charge in [-0.25, -0.2) is 14.8 Å². The average Bonchev–Trinajstić information content (AvgIpc) is 3.32. The number of nitrogens with zero attached hydrogens (tertiary/aromatic N) is 5. The standard InChI is InChI=1S/C18H21N5O3/c1-3-25-18(24)13-12-23-14(15-5-4-10-26-15)11-19-16(17(23)20-13)22-8-6-21(2)7-9-22/h4-5,10-12H,3,6-9H2,1-2H3. The molecule has 4 heterocycles. The number of esters is 1. The van der Waals surface area contributed by atoms with Crippen molar-refractivity contribution in [2.75, 3.05) is 44.7 Å². The molecule has 4 rings (SSSR count). The number of likely N-dealkylation sites (N-methyl/N-ethyl adjacent to an activating group) is 1. The van der Waals surface area contributed by atoms with Crippen LogP contribution in [0.3, 0.4) is 0 Å². The molecule has 0 aliphatic carbocycles. The van der Waals surface area contributed by atoms with E-state index in [1.807, 2.05) is 16.5 Å². The van der Waals surface area contributed by atoms with Gasteiger partial charge in [0, 0.05) is 32.4 Å². The Bertz CT molecular complexity index is 910. The minimum absolute atomic E-state index is 0.267. The molecule has 8 nitrogen and oxygen atoms in total. The molecule has 0 atom stereocenters. The van der Waals surface area contributed by atoms with Crippen molar-refractivity contribution in [3.8, 4) is 11.5 Å². The first-order valence-electron chi connectivity index (χ1n) is 8.70. The van der Waals surface area contributed by atoms with Crippen LogP contribution in [-0.2, 0) is 4.74 Å². The fourth-order valence-corrected chi connectivity index (χ4v) is 3.12. The molecule has 3 aromatic rings. The number of carbonyl (C=O) groups excluding carboxylic acids is 1. The van der Waals surface area contributed by atoms with Crippen LogP contribution in [0.5, 0.6) is 0 Å². The number of ether oxygens (including phenoxy) is 1. The largest absolute Gasteiger partial charge is 0.463 e. The molecule has 0 amide bonds. The van der Waals surface area contributed by atoms with Crippen molar-refractivity contribution in [2.24, 2.45) is 0 Å². The van der Waals surface area contributed by atoms with Gasteiger partial charge in [0.05, 0.1) is 19.1 Å². The van der Waals surface area contributed by atoms with E-state index >= 15 is 0 Å². The number of hydrogen-bond acceptors (Lipinski definition) is 7. The summed E-state index contributed by atoms with van der Waals surface area (Å²) < 4.78 is 12.5. The molecule has 8 heteroatoms. The monoisotopic (exact) mass is 355 g/mol. The molecule has 0 unspecified atom stereocenters. The molecular formula is C18H21N5O3. The second kappa shape index (κ2) is 6.80. The number of furan rings is 1. The normalized spacial score (nSPS) is 15.5. The van der Waals surface area contributed by atoms with E-state index in [0.29, 0.717) is 18.0 Å². The maximum Gasteiger partial charge on any atom is 0.358 e. The van der Waals surface area contributed by atoms with Gasteiger partial charge in [-0.15, -0.1) is 0 Å². The minimum atomic E-state index is -0.439. The van der Waals surface area contributed by atoms with Crippen LogP contribution in [-0.4, -0.2) is 65.1 Å². The molecular weight excluding hydrogens is 334 g/mol. The highest BCUT2D eigenvalue weighted by Crippen LogP contribution is 2.27. The molecule has 1 aliphatic rings. The third-order valence-corrected chi connectivity index (χ3v) is 4.54. The average molecular weight is 355 g/mol. The van der Waals surface area contributed by atoms with Crippen molar-refractivity contribution < 1.29 is 13.9 Å². The van der Waals surface area contributed by atoms with Crippen LogP contribution in [0.2, 0.25) is 0 Å². The van der Waals surface area contributed by atoms with Crippen molar-refractivity contribution in [1.29, 1.82) is 0 Å². The quantitative estimate of drug-likeness (QED) is 0.662. The second-order valence-electron chi connectivity index (χ2n) is 6.27. The predicted molar refractivity (Wildman–Crippen MR) is 96.4 cm³/mol. The summed E-state index contributed by atoms with van der Waals surface area (Å²) >= 11 is 0. The molecule has 136 valence electrons. The van der Waals surface area contributed by atoms with Crippen LogP contribution >= 0.6 is 0 Å². The van der Waals surface area contributed by atoms with Gasteiger partial charge in [0.2, 0.25) is 0 Å². The van der Waals surface area contributed by atoms with Crippen LogP contribution in [0.1, 0.15) is 17.4 Å². The SMILES string of the molecule is CCOC(=O)c1cn2c(-c3ccco3)cnc(N3CCN(C)CC3)c2n1. The van der Waals surface area contributed by atoms with E-state index in [2.05, 4.69) is 26.8 Å². The fourth-order valence-electron chi connectivity index (χ4n) is 3.12. The molecule has 0 saturated carbocycles. The molecule has 1 aliphatic heterocycles. The Morgan fingerprint density at radius 3 is 2.81 bits per heavy atom. The van der Waals surface area contributed by atoms with Gasteiger partial charge in [-0.3, -0.25) is 4.40 Å². The van der Waals surface area contributed by atoms with Gasteiger partial charge in [0.25, 0.3) is 0 Å². The summed E-state index contributed by atoms with van der Waals surface area (Å²) in [6.07, 6.45) is 5.06. The first kappa shape index (κ1) is 16.6. The van der Waals surface area contributed by atoms with Crippen molar-refractivity contribution in [2.45, 2.75) is 6.92 Å². The van der Waals surface area contributed by atoms with Gasteiger partial charge in [-0.2, -0.15) is 0 Å². The number of aromatic nitrogens is 3. The van der Waals surface area contributed by atoms with Crippen LogP contribution < -0.4 is 4.90 Å². The van der Waals surface area contributed by atoms with Crippen LogP contribution in [0.15, 0.2) is 35.2 Å². The number of rotatable bonds is 4. The number of fused-ring (bicyclic) bond motifs is 1. The molecule has 3 aromatic heterocycles. The van der Waals surface area contributed by atoms with E-state index in [4.69, 9.17) is 9.15 Å². The predicted octanol–water partition coefficient (Wildman–Crippen LogP) is 1.92. The molecule has 0 aromatic carbocycles. The minimum Gasteiger partial charge on any atom is -0.463 e. The van der Waals surface area contributed by atoms with E-state index in [9.17, 15) is 4.79 Å². The second-order valence-corrected chi connectivity index (χ2v) is 6.27.